The van der Waals surface area contributed by atoms with Gasteiger partial charge in [0.2, 0.25) is 5.52 Å². The van der Waals surface area contributed by atoms with E-state index in [0.29, 0.717) is 5.92 Å². The fourth-order valence-electron chi connectivity index (χ4n) is 9.21. The highest BCUT2D eigenvalue weighted by Gasteiger charge is 2.28. The smallest absolute Gasteiger partial charge is 0.263 e. The zero-order chi connectivity index (χ0) is 40.8. The van der Waals surface area contributed by atoms with Gasteiger partial charge in [0.05, 0.1) is 10.7 Å². The number of rotatable bonds is 22. The van der Waals surface area contributed by atoms with Gasteiger partial charge in [-0.2, -0.15) is 4.57 Å². The lowest BCUT2D eigenvalue weighted by molar-refractivity contribution is -0.669. The molecule has 3 aliphatic rings. The Morgan fingerprint density at radius 2 is 1.42 bits per heavy atom. The maximum Gasteiger partial charge on any atom is 0.263 e. The molecule has 0 N–H and O–H groups in total. The van der Waals surface area contributed by atoms with Gasteiger partial charge in [-0.25, -0.2) is 0 Å². The van der Waals surface area contributed by atoms with Crippen molar-refractivity contribution >= 4 is 55.9 Å². The van der Waals surface area contributed by atoms with E-state index in [9.17, 15) is 4.21 Å². The molecule has 0 saturated heterocycles. The van der Waals surface area contributed by atoms with Crippen molar-refractivity contribution in [2.24, 2.45) is 5.92 Å². The first kappa shape index (κ1) is 43.9. The molecule has 0 bridgehead atoms. The largest absolute Gasteiger partial charge is 0.335 e. The van der Waals surface area contributed by atoms with Crippen LogP contribution in [-0.4, -0.2) is 17.0 Å². The van der Waals surface area contributed by atoms with Gasteiger partial charge >= 0.3 is 0 Å². The van der Waals surface area contributed by atoms with Crippen LogP contribution in [0.4, 0.5) is 5.69 Å². The van der Waals surface area contributed by atoms with E-state index < -0.39 is 10.8 Å². The molecule has 314 valence electrons. The number of hydrogen-bond donors (Lipinski definition) is 0. The Morgan fingerprint density at radius 1 is 0.729 bits per heavy atom. The average molecular weight is 846 g/mol. The Labute approximate surface area is 367 Å². The molecule has 2 atom stereocenters. The number of fused-ring (bicyclic) bond motifs is 3. The second kappa shape index (κ2) is 22.6. The quantitative estimate of drug-likeness (QED) is 0.0582. The molecule has 1 aromatic heterocycles. The van der Waals surface area contributed by atoms with E-state index in [-0.39, 0.29) is 0 Å². The van der Waals surface area contributed by atoms with Crippen molar-refractivity contribution in [2.75, 3.05) is 17.7 Å². The van der Waals surface area contributed by atoms with Crippen LogP contribution in [0.25, 0.3) is 27.4 Å². The first-order valence-electron chi connectivity index (χ1n) is 23.3. The second-order valence-electron chi connectivity index (χ2n) is 17.3. The standard InChI is InChI=1S/C53H69N2OS3/c1-4-6-8-10-12-14-16-21-33-54-48-31-29-45(43-23-19-18-20-24-43)39-51(48)58-52(54)37-41-25-27-44-28-26-42(36-46(44)35-41)38-53-55(34-22-17-15-13-11-9-7-5-2)49-40-47(59(3)56)30-32-50(49)57-53/h18-20,23-24,29-32,35-40,44H,4-17,21-22,25-28,33-34H2,1-3H3/q+1. The summed E-state index contributed by atoms with van der Waals surface area (Å²) in [7, 11) is -0.991. The van der Waals surface area contributed by atoms with Crippen LogP contribution >= 0.6 is 23.1 Å². The number of thiazole rings is 1. The summed E-state index contributed by atoms with van der Waals surface area (Å²) in [5.41, 5.74) is 9.64. The third-order valence-electron chi connectivity index (χ3n) is 12.7. The van der Waals surface area contributed by atoms with Crippen molar-refractivity contribution < 1.29 is 8.78 Å². The fourth-order valence-corrected chi connectivity index (χ4v) is 12.1. The van der Waals surface area contributed by atoms with Crippen molar-refractivity contribution in [1.29, 1.82) is 0 Å². The van der Waals surface area contributed by atoms with E-state index in [0.717, 1.165) is 30.8 Å². The lowest BCUT2D eigenvalue weighted by Gasteiger charge is -2.29. The summed E-state index contributed by atoms with van der Waals surface area (Å²) in [5.74, 6) is 0.651. The molecule has 0 fully saturated rings. The minimum Gasteiger partial charge on any atom is -0.335 e. The summed E-state index contributed by atoms with van der Waals surface area (Å²) < 4.78 is 16.5. The number of unbranched alkanes of at least 4 members (excludes halogenated alkanes) is 14. The van der Waals surface area contributed by atoms with E-state index in [1.165, 1.54) is 174 Å². The van der Waals surface area contributed by atoms with Gasteiger partial charge in [0.15, 0.2) is 6.54 Å². The van der Waals surface area contributed by atoms with Crippen LogP contribution in [0, 0.1) is 5.92 Å². The monoisotopic (exact) mass is 845 g/mol. The van der Waals surface area contributed by atoms with E-state index in [2.05, 4.69) is 114 Å². The Hall–Kier alpha value is -3.19. The molecule has 0 spiro atoms. The van der Waals surface area contributed by atoms with Crippen LogP contribution in [0.1, 0.15) is 147 Å². The zero-order valence-corrected chi connectivity index (χ0v) is 38.8. The maximum atomic E-state index is 12.5. The van der Waals surface area contributed by atoms with Gasteiger partial charge in [0.1, 0.15) is 4.70 Å². The number of aromatic nitrogens is 1. The highest BCUT2D eigenvalue weighted by Crippen LogP contribution is 2.48. The third-order valence-corrected chi connectivity index (χ3v) is 15.8. The molecule has 1 aliphatic heterocycles. The van der Waals surface area contributed by atoms with Crippen molar-refractivity contribution in [3.8, 4) is 11.1 Å². The van der Waals surface area contributed by atoms with Crippen LogP contribution in [0.5, 0.6) is 0 Å². The van der Waals surface area contributed by atoms with Crippen LogP contribution in [0.15, 0.2) is 116 Å². The predicted octanol–water partition coefficient (Wildman–Crippen LogP) is 15.8. The molecule has 0 amide bonds. The first-order valence-corrected chi connectivity index (χ1v) is 26.5. The number of allylic oxidation sites excluding steroid dienone is 6. The molecule has 0 saturated carbocycles. The van der Waals surface area contributed by atoms with Crippen LogP contribution in [0.3, 0.4) is 0 Å². The van der Waals surface area contributed by atoms with E-state index >= 15 is 0 Å². The number of hydrogen-bond acceptors (Lipinski definition) is 4. The lowest BCUT2D eigenvalue weighted by Crippen LogP contribution is -2.35. The number of thioether (sulfide) groups is 1. The molecular weight excluding hydrogens is 777 g/mol. The molecule has 2 heterocycles. The van der Waals surface area contributed by atoms with E-state index in [1.54, 1.807) is 6.26 Å². The molecule has 2 unspecified atom stereocenters. The minimum atomic E-state index is -0.991. The Balaban J connectivity index is 1.11. The van der Waals surface area contributed by atoms with Crippen LogP contribution in [0.2, 0.25) is 0 Å². The van der Waals surface area contributed by atoms with Gasteiger partial charge in [-0.1, -0.05) is 163 Å². The van der Waals surface area contributed by atoms with Gasteiger partial charge in [-0.05, 0) is 109 Å². The zero-order valence-electron chi connectivity index (χ0n) is 36.3. The Bertz CT molecular complexity index is 2140. The SMILES string of the molecule is CCCCCCCCCCN1C(=CC2=CC3=CC(=Cc4sc5cc(-c6ccccc6)ccc5[n+]4CCCCCCCCCC)CCC3CC2)Sc2ccc(S(C)=O)cc21. The summed E-state index contributed by atoms with van der Waals surface area (Å²) >= 11 is 3.87. The molecule has 4 aromatic rings. The van der Waals surface area contributed by atoms with Gasteiger partial charge in [-0.3, -0.25) is 4.21 Å². The van der Waals surface area contributed by atoms with Crippen molar-refractivity contribution in [1.82, 2.24) is 0 Å². The summed E-state index contributed by atoms with van der Waals surface area (Å²) in [5, 5.41) is 2.73. The second-order valence-corrected chi connectivity index (χ2v) is 20.8. The van der Waals surface area contributed by atoms with Crippen LogP contribution in [-0.2, 0) is 17.3 Å². The van der Waals surface area contributed by atoms with Crippen LogP contribution < -0.4 is 9.47 Å². The molecular formula is C53H69N2OS3+. The number of aryl methyl sites for hydroxylation is 1. The van der Waals surface area contributed by atoms with Gasteiger partial charge in [0, 0.05) is 52.0 Å². The maximum absolute atomic E-state index is 12.5. The summed E-state index contributed by atoms with van der Waals surface area (Å²) in [6.07, 6.45) is 37.9. The van der Waals surface area contributed by atoms with Crippen molar-refractivity contribution in [3.63, 3.8) is 0 Å². The van der Waals surface area contributed by atoms with E-state index in [1.807, 2.05) is 23.1 Å². The predicted molar refractivity (Wildman–Crippen MR) is 259 cm³/mol. The molecule has 0 radical (unpaired) electrons. The highest BCUT2D eigenvalue weighted by molar-refractivity contribution is 8.03. The minimum absolute atomic E-state index is 0.651. The van der Waals surface area contributed by atoms with Gasteiger partial charge in [0.25, 0.3) is 5.01 Å². The summed E-state index contributed by atoms with van der Waals surface area (Å²) in [6, 6.07) is 24.4. The van der Waals surface area contributed by atoms with Gasteiger partial charge < -0.3 is 4.90 Å². The Morgan fingerprint density at radius 3 is 2.15 bits per heavy atom. The van der Waals surface area contributed by atoms with Gasteiger partial charge in [-0.15, -0.1) is 0 Å². The molecule has 3 aromatic carbocycles. The van der Waals surface area contributed by atoms with Crippen molar-refractivity contribution in [2.45, 2.75) is 159 Å². The molecule has 59 heavy (non-hydrogen) atoms. The molecule has 3 nitrogen and oxygen atoms in total. The number of anilines is 1. The number of nitrogens with zero attached hydrogens (tertiary/aromatic N) is 2. The fraction of sp³-hybridized carbons (Fsp3) is 0.491. The molecule has 2 aliphatic carbocycles. The summed E-state index contributed by atoms with van der Waals surface area (Å²) in [6.45, 7) is 6.70. The van der Waals surface area contributed by atoms with E-state index in [4.69, 9.17) is 0 Å². The highest BCUT2D eigenvalue weighted by atomic mass is 32.2. The normalized spacial score (nSPS) is 18.4. The molecule has 6 heteroatoms. The Kier molecular flexibility index (Phi) is 16.8. The summed E-state index contributed by atoms with van der Waals surface area (Å²) in [4.78, 5) is 4.75. The first-order chi connectivity index (χ1) is 29.0. The topological polar surface area (TPSA) is 24.2 Å². The average Bonchev–Trinajstić information content (AvgIpc) is 3.78. The molecule has 7 rings (SSSR count). The van der Waals surface area contributed by atoms with Crippen molar-refractivity contribution in [3.05, 3.63) is 112 Å². The number of benzene rings is 3. The third kappa shape index (κ3) is 12.0. The lowest BCUT2D eigenvalue weighted by atomic mass is 9.77.